The largest absolute Gasteiger partial charge is 0.573 e. The van der Waals surface area contributed by atoms with Crippen molar-refractivity contribution in [2.45, 2.75) is 12.8 Å². The minimum absolute atomic E-state index is 0.191. The number of aromatic nitrogens is 1. The van der Waals surface area contributed by atoms with E-state index in [4.69, 9.17) is 16.3 Å². The number of nitriles is 2. The number of alkyl halides is 3. The molecule has 1 aromatic heterocycles. The number of nitrogens with two attached hydrogens (primary N) is 1. The quantitative estimate of drug-likeness (QED) is 0.847. The maximum absolute atomic E-state index is 12.1. The molecule has 0 bridgehead atoms. The average molecular weight is 242 g/mol. The van der Waals surface area contributed by atoms with Crippen molar-refractivity contribution in [3.8, 4) is 17.9 Å². The summed E-state index contributed by atoms with van der Waals surface area (Å²) in [6.07, 6.45) is -5.32. The van der Waals surface area contributed by atoms with Crippen molar-refractivity contribution in [2.75, 3.05) is 5.73 Å². The number of rotatable bonds is 2. The number of pyridine rings is 1. The summed E-state index contributed by atoms with van der Waals surface area (Å²) in [5.41, 5.74) is 4.83. The van der Waals surface area contributed by atoms with Crippen LogP contribution < -0.4 is 10.5 Å². The van der Waals surface area contributed by atoms with E-state index in [1.54, 1.807) is 12.1 Å². The van der Waals surface area contributed by atoms with Crippen molar-refractivity contribution < 1.29 is 17.9 Å². The molecule has 0 saturated heterocycles. The van der Waals surface area contributed by atoms with Gasteiger partial charge in [0.25, 0.3) is 0 Å². The smallest absolute Gasteiger partial charge is 0.405 e. The van der Waals surface area contributed by atoms with Gasteiger partial charge in [-0.1, -0.05) is 0 Å². The molecule has 0 spiro atoms. The fraction of sp³-hybridized carbons (Fsp3) is 0.222. The second-order valence-corrected chi connectivity index (χ2v) is 2.86. The summed E-state index contributed by atoms with van der Waals surface area (Å²) >= 11 is 0. The highest BCUT2D eigenvalue weighted by Crippen LogP contribution is 2.30. The molecule has 8 heteroatoms. The first-order valence-corrected chi connectivity index (χ1v) is 4.19. The number of ether oxygens (including phenoxy) is 1. The zero-order valence-corrected chi connectivity index (χ0v) is 8.25. The highest BCUT2D eigenvalue weighted by Gasteiger charge is 2.33. The molecule has 17 heavy (non-hydrogen) atoms. The van der Waals surface area contributed by atoms with E-state index in [0.717, 1.165) is 6.07 Å². The van der Waals surface area contributed by atoms with Crippen LogP contribution in [-0.2, 0) is 6.42 Å². The van der Waals surface area contributed by atoms with Gasteiger partial charge in [0, 0.05) is 6.07 Å². The summed E-state index contributed by atoms with van der Waals surface area (Å²) in [6.45, 7) is 0. The van der Waals surface area contributed by atoms with Crippen molar-refractivity contribution in [1.82, 2.24) is 4.98 Å². The standard InChI is InChI=1S/C9H5F3N4O/c10-9(11,12)17-7-3-5(4-14)16-8(15)6(7)1-2-13/h3H,1H2,(H2,15,16). The van der Waals surface area contributed by atoms with Gasteiger partial charge in [-0.15, -0.1) is 13.2 Å². The van der Waals surface area contributed by atoms with Crippen molar-refractivity contribution in [3.63, 3.8) is 0 Å². The van der Waals surface area contributed by atoms with Gasteiger partial charge >= 0.3 is 6.36 Å². The number of hydrogen-bond acceptors (Lipinski definition) is 5. The number of halogens is 3. The van der Waals surface area contributed by atoms with Crippen molar-refractivity contribution in [2.24, 2.45) is 0 Å². The summed E-state index contributed by atoms with van der Waals surface area (Å²) in [7, 11) is 0. The second kappa shape index (κ2) is 4.58. The molecule has 0 aliphatic heterocycles. The van der Waals surface area contributed by atoms with Crippen LogP contribution in [0.1, 0.15) is 11.3 Å². The lowest BCUT2D eigenvalue weighted by Gasteiger charge is -2.13. The molecule has 0 atom stereocenters. The summed E-state index contributed by atoms with van der Waals surface area (Å²) in [4.78, 5) is 3.52. The van der Waals surface area contributed by atoms with Gasteiger partial charge in [-0.05, 0) is 0 Å². The van der Waals surface area contributed by atoms with Crippen LogP contribution in [0.5, 0.6) is 5.75 Å². The SMILES string of the molecule is N#CCc1c(OC(F)(F)F)cc(C#N)nc1N. The molecular formula is C9H5F3N4O. The van der Waals surface area contributed by atoms with Crippen LogP contribution in [0.4, 0.5) is 19.0 Å². The lowest BCUT2D eigenvalue weighted by Crippen LogP contribution is -2.19. The molecule has 88 valence electrons. The molecule has 0 unspecified atom stereocenters. The highest BCUT2D eigenvalue weighted by atomic mass is 19.4. The van der Waals surface area contributed by atoms with Crippen LogP contribution in [-0.4, -0.2) is 11.3 Å². The predicted molar refractivity (Wildman–Crippen MR) is 49.4 cm³/mol. The maximum atomic E-state index is 12.1. The van der Waals surface area contributed by atoms with E-state index in [0.29, 0.717) is 0 Å². The van der Waals surface area contributed by atoms with Gasteiger partial charge in [-0.25, -0.2) is 4.98 Å². The van der Waals surface area contributed by atoms with Gasteiger partial charge in [-0.3, -0.25) is 0 Å². The molecule has 0 amide bonds. The van der Waals surface area contributed by atoms with Gasteiger partial charge < -0.3 is 10.5 Å². The lowest BCUT2D eigenvalue weighted by atomic mass is 10.1. The van der Waals surface area contributed by atoms with Gasteiger partial charge in [0.1, 0.15) is 23.3 Å². The molecule has 0 fully saturated rings. The Morgan fingerprint density at radius 2 is 2.06 bits per heavy atom. The highest BCUT2D eigenvalue weighted by molar-refractivity contribution is 5.53. The first kappa shape index (κ1) is 12.6. The van der Waals surface area contributed by atoms with E-state index in [9.17, 15) is 13.2 Å². The average Bonchev–Trinajstić information content (AvgIpc) is 2.20. The third-order valence-electron chi connectivity index (χ3n) is 1.71. The normalized spacial score (nSPS) is 10.4. The Hall–Kier alpha value is -2.48. The molecule has 5 nitrogen and oxygen atoms in total. The van der Waals surface area contributed by atoms with Crippen LogP contribution in [0.2, 0.25) is 0 Å². The van der Waals surface area contributed by atoms with Crippen LogP contribution >= 0.6 is 0 Å². The van der Waals surface area contributed by atoms with Crippen molar-refractivity contribution in [1.29, 1.82) is 10.5 Å². The first-order chi connectivity index (χ1) is 7.87. The molecule has 0 radical (unpaired) electrons. The minimum atomic E-state index is -4.93. The summed E-state index contributed by atoms with van der Waals surface area (Å²) in [5, 5.41) is 17.0. The molecule has 1 heterocycles. The molecule has 0 aromatic carbocycles. The third kappa shape index (κ3) is 3.24. The number of nitrogen functional groups attached to an aromatic ring is 1. The van der Waals surface area contributed by atoms with Crippen LogP contribution in [0.25, 0.3) is 0 Å². The van der Waals surface area contributed by atoms with E-state index < -0.39 is 18.5 Å². The Balaban J connectivity index is 3.29. The molecule has 1 aromatic rings. The summed E-state index contributed by atoms with van der Waals surface area (Å²) in [5.74, 6) is -1.01. The summed E-state index contributed by atoms with van der Waals surface area (Å²) < 4.78 is 39.9. The molecule has 2 N–H and O–H groups in total. The van der Waals surface area contributed by atoms with Gasteiger partial charge in [0.05, 0.1) is 18.1 Å². The Bertz CT molecular complexity index is 513. The van der Waals surface area contributed by atoms with E-state index >= 15 is 0 Å². The van der Waals surface area contributed by atoms with Gasteiger partial charge in [0.2, 0.25) is 0 Å². The molecule has 0 saturated carbocycles. The van der Waals surface area contributed by atoms with Crippen LogP contribution in [0, 0.1) is 22.7 Å². The fourth-order valence-electron chi connectivity index (χ4n) is 1.10. The van der Waals surface area contributed by atoms with Crippen LogP contribution in [0.3, 0.4) is 0 Å². The predicted octanol–water partition coefficient (Wildman–Crippen LogP) is 1.50. The molecule has 0 aliphatic carbocycles. The van der Waals surface area contributed by atoms with E-state index in [1.807, 2.05) is 0 Å². The van der Waals surface area contributed by atoms with E-state index in [1.165, 1.54) is 0 Å². The molecular weight excluding hydrogens is 237 g/mol. The Kier molecular flexibility index (Phi) is 3.39. The number of nitrogens with zero attached hydrogens (tertiary/aromatic N) is 3. The van der Waals surface area contributed by atoms with Crippen molar-refractivity contribution >= 4 is 5.82 Å². The Labute approximate surface area is 93.8 Å². The van der Waals surface area contributed by atoms with Gasteiger partial charge in [0.15, 0.2) is 0 Å². The minimum Gasteiger partial charge on any atom is -0.405 e. The molecule has 0 aliphatic rings. The third-order valence-corrected chi connectivity index (χ3v) is 1.71. The zero-order chi connectivity index (χ0) is 13.1. The van der Waals surface area contributed by atoms with Gasteiger partial charge in [-0.2, -0.15) is 10.5 Å². The van der Waals surface area contributed by atoms with E-state index in [2.05, 4.69) is 9.72 Å². The lowest BCUT2D eigenvalue weighted by molar-refractivity contribution is -0.274. The van der Waals surface area contributed by atoms with Crippen LogP contribution in [0.15, 0.2) is 6.07 Å². The topological polar surface area (TPSA) is 95.7 Å². The van der Waals surface area contributed by atoms with E-state index in [-0.39, 0.29) is 17.1 Å². The Morgan fingerprint density at radius 3 is 2.53 bits per heavy atom. The number of hydrogen-bond donors (Lipinski definition) is 1. The van der Waals surface area contributed by atoms with Crippen molar-refractivity contribution in [3.05, 3.63) is 17.3 Å². The maximum Gasteiger partial charge on any atom is 0.573 e. The summed E-state index contributed by atoms with van der Waals surface area (Å²) in [6, 6.07) is 3.97. The molecule has 1 rings (SSSR count). The Morgan fingerprint density at radius 1 is 1.41 bits per heavy atom. The zero-order valence-electron chi connectivity index (χ0n) is 8.25. The fourth-order valence-corrected chi connectivity index (χ4v) is 1.10. The number of anilines is 1. The first-order valence-electron chi connectivity index (χ1n) is 4.19. The second-order valence-electron chi connectivity index (χ2n) is 2.86. The monoisotopic (exact) mass is 242 g/mol.